The molecule has 0 unspecified atom stereocenters. The summed E-state index contributed by atoms with van der Waals surface area (Å²) in [5.74, 6) is 1.17. The van der Waals surface area contributed by atoms with Crippen LogP contribution in [0.4, 0.5) is 4.39 Å². The lowest BCUT2D eigenvalue weighted by molar-refractivity contribution is 0.470. The molecule has 8 nitrogen and oxygen atoms in total. The van der Waals surface area contributed by atoms with Crippen molar-refractivity contribution in [2.45, 2.75) is 13.8 Å². The summed E-state index contributed by atoms with van der Waals surface area (Å²) < 4.78 is 21.8. The van der Waals surface area contributed by atoms with Gasteiger partial charge in [0.2, 0.25) is 0 Å². The Kier molecular flexibility index (Phi) is 6.91. The van der Waals surface area contributed by atoms with Crippen molar-refractivity contribution in [2.24, 2.45) is 24.8 Å². The molecule has 0 saturated heterocycles. The van der Waals surface area contributed by atoms with Crippen LogP contribution in [0.15, 0.2) is 63.5 Å². The van der Waals surface area contributed by atoms with Crippen molar-refractivity contribution in [2.75, 3.05) is 13.2 Å². The monoisotopic (exact) mass is 489 g/mol. The maximum absolute atomic E-state index is 13.0. The number of pyridine rings is 2. The van der Waals surface area contributed by atoms with E-state index in [0.717, 1.165) is 11.1 Å². The molecular weight excluding hydrogens is 461 g/mol. The van der Waals surface area contributed by atoms with Crippen LogP contribution in [0, 0.1) is 13.8 Å². The Bertz CT molecular complexity index is 1600. The van der Waals surface area contributed by atoms with Crippen LogP contribution in [-0.2, 0) is 14.1 Å². The largest absolute Gasteiger partial charge is 0.455 e. The number of nitrogens with zero attached hydrogens (tertiary/aromatic N) is 3. The lowest BCUT2D eigenvalue weighted by Crippen LogP contribution is -2.18. The number of aromatic amines is 1. The highest BCUT2D eigenvalue weighted by Crippen LogP contribution is 2.38. The van der Waals surface area contributed by atoms with Crippen LogP contribution in [0.1, 0.15) is 16.8 Å². The number of para-hydroxylation sites is 1. The van der Waals surface area contributed by atoms with Crippen LogP contribution in [0.25, 0.3) is 27.6 Å². The standard InChI is InChI=1S/C27H28FN5O3/c1-16-6-5-7-17(2)26(16)36-23-15-32(3)24(34)11-19(23)21-14-33(4)27(35)25-20(21)10-22(31-25)18(12-29)13-30-9-8-28/h5-7,10-15,31H,8-9,29H2,1-4H3/b18-12+,30-13?. The Morgan fingerprint density at radius 2 is 1.83 bits per heavy atom. The third-order valence-electron chi connectivity index (χ3n) is 6.00. The number of aryl methyl sites for hydroxylation is 4. The fourth-order valence-corrected chi connectivity index (χ4v) is 4.09. The van der Waals surface area contributed by atoms with Gasteiger partial charge in [0.05, 0.1) is 12.7 Å². The molecular formula is C27H28FN5O3. The SMILES string of the molecule is Cc1cccc(C)c1Oc1cn(C)c(=O)cc1-c1cn(C)c(=O)c2[nH]c(/C(C=NCCF)=C/N)cc12. The predicted molar refractivity (Wildman–Crippen MR) is 142 cm³/mol. The van der Waals surface area contributed by atoms with E-state index in [4.69, 9.17) is 10.5 Å². The van der Waals surface area contributed by atoms with Gasteiger partial charge in [-0.3, -0.25) is 14.6 Å². The van der Waals surface area contributed by atoms with Gasteiger partial charge >= 0.3 is 0 Å². The molecule has 3 N–H and O–H groups in total. The lowest BCUT2D eigenvalue weighted by Gasteiger charge is -2.17. The topological polar surface area (TPSA) is 107 Å². The number of aromatic nitrogens is 3. The van der Waals surface area contributed by atoms with Crippen LogP contribution < -0.4 is 21.6 Å². The summed E-state index contributed by atoms with van der Waals surface area (Å²) in [6, 6.07) is 9.14. The molecule has 9 heteroatoms. The molecule has 0 radical (unpaired) electrons. The second-order valence-electron chi connectivity index (χ2n) is 8.60. The Morgan fingerprint density at radius 1 is 1.11 bits per heavy atom. The lowest BCUT2D eigenvalue weighted by atomic mass is 10.0. The van der Waals surface area contributed by atoms with Crippen LogP contribution in [0.2, 0.25) is 0 Å². The first-order chi connectivity index (χ1) is 17.2. The minimum absolute atomic E-state index is 0.0108. The number of H-pyrrole nitrogens is 1. The molecule has 0 atom stereocenters. The Morgan fingerprint density at radius 3 is 2.50 bits per heavy atom. The molecule has 0 aliphatic heterocycles. The van der Waals surface area contributed by atoms with E-state index in [1.165, 1.54) is 27.6 Å². The normalized spacial score (nSPS) is 12.1. The van der Waals surface area contributed by atoms with Crippen molar-refractivity contribution in [1.29, 1.82) is 0 Å². The molecule has 186 valence electrons. The molecule has 0 saturated carbocycles. The molecule has 3 heterocycles. The highest BCUT2D eigenvalue weighted by Gasteiger charge is 2.19. The Hall–Kier alpha value is -4.40. The van der Waals surface area contributed by atoms with E-state index in [1.807, 2.05) is 32.0 Å². The number of nitrogens with one attached hydrogen (secondary N) is 1. The van der Waals surface area contributed by atoms with E-state index in [9.17, 15) is 14.0 Å². The maximum Gasteiger partial charge on any atom is 0.274 e. The van der Waals surface area contributed by atoms with Gasteiger partial charge in [-0.15, -0.1) is 0 Å². The molecule has 0 spiro atoms. The quantitative estimate of drug-likeness (QED) is 0.383. The summed E-state index contributed by atoms with van der Waals surface area (Å²) in [4.78, 5) is 32.8. The van der Waals surface area contributed by atoms with Crippen molar-refractivity contribution < 1.29 is 9.13 Å². The zero-order chi connectivity index (χ0) is 26.0. The first kappa shape index (κ1) is 24.7. The summed E-state index contributed by atoms with van der Waals surface area (Å²) in [7, 11) is 3.30. The van der Waals surface area contributed by atoms with Crippen molar-refractivity contribution in [3.63, 3.8) is 0 Å². The highest BCUT2D eigenvalue weighted by molar-refractivity contribution is 6.11. The molecule has 0 bridgehead atoms. The van der Waals surface area contributed by atoms with Gasteiger partial charge < -0.3 is 24.6 Å². The molecule has 0 aliphatic rings. The van der Waals surface area contributed by atoms with E-state index in [-0.39, 0.29) is 17.7 Å². The van der Waals surface area contributed by atoms with Crippen molar-refractivity contribution >= 4 is 22.7 Å². The first-order valence-electron chi connectivity index (χ1n) is 11.4. The molecule has 1 aromatic carbocycles. The van der Waals surface area contributed by atoms with Gasteiger partial charge in [0.1, 0.15) is 17.9 Å². The van der Waals surface area contributed by atoms with Gasteiger partial charge in [-0.05, 0) is 31.0 Å². The minimum Gasteiger partial charge on any atom is -0.455 e. The van der Waals surface area contributed by atoms with Gasteiger partial charge in [0, 0.05) is 66.6 Å². The highest BCUT2D eigenvalue weighted by atomic mass is 19.1. The number of ether oxygens (including phenoxy) is 1. The number of allylic oxidation sites excluding steroid dienone is 1. The van der Waals surface area contributed by atoms with Gasteiger partial charge in [-0.1, -0.05) is 18.2 Å². The smallest absolute Gasteiger partial charge is 0.274 e. The summed E-state index contributed by atoms with van der Waals surface area (Å²) in [5.41, 5.74) is 9.77. The van der Waals surface area contributed by atoms with Crippen LogP contribution >= 0.6 is 0 Å². The Labute approximate surface area is 207 Å². The number of halogens is 1. The molecule has 0 fully saturated rings. The second kappa shape index (κ2) is 10.1. The minimum atomic E-state index is -0.585. The third-order valence-corrected chi connectivity index (χ3v) is 6.00. The molecule has 0 amide bonds. The van der Waals surface area contributed by atoms with E-state index < -0.39 is 6.67 Å². The molecule has 36 heavy (non-hydrogen) atoms. The predicted octanol–water partition coefficient (Wildman–Crippen LogP) is 3.98. The van der Waals surface area contributed by atoms with E-state index in [0.29, 0.717) is 44.8 Å². The maximum atomic E-state index is 13.0. The number of rotatable bonds is 7. The average Bonchev–Trinajstić information content (AvgIpc) is 3.29. The number of hydrogen-bond acceptors (Lipinski definition) is 5. The first-order valence-corrected chi connectivity index (χ1v) is 11.4. The van der Waals surface area contributed by atoms with Crippen molar-refractivity contribution in [3.8, 4) is 22.6 Å². The van der Waals surface area contributed by atoms with E-state index >= 15 is 0 Å². The van der Waals surface area contributed by atoms with Crippen molar-refractivity contribution in [3.05, 3.63) is 86.5 Å². The van der Waals surface area contributed by atoms with Crippen LogP contribution in [0.5, 0.6) is 11.5 Å². The van der Waals surface area contributed by atoms with E-state index in [1.54, 1.807) is 32.6 Å². The van der Waals surface area contributed by atoms with Gasteiger partial charge in [0.25, 0.3) is 11.1 Å². The van der Waals surface area contributed by atoms with Gasteiger partial charge in [-0.2, -0.15) is 0 Å². The fraction of sp³-hybridized carbons (Fsp3) is 0.222. The summed E-state index contributed by atoms with van der Waals surface area (Å²) in [6.45, 7) is 3.34. The van der Waals surface area contributed by atoms with Crippen molar-refractivity contribution in [1.82, 2.24) is 14.1 Å². The van der Waals surface area contributed by atoms with Gasteiger partial charge in [-0.25, -0.2) is 4.39 Å². The molecule has 0 aliphatic carbocycles. The molecule has 3 aromatic heterocycles. The summed E-state index contributed by atoms with van der Waals surface area (Å²) in [6.07, 6.45) is 6.12. The zero-order valence-electron chi connectivity index (χ0n) is 20.6. The molecule has 4 aromatic rings. The number of aliphatic imine (C=N–C) groups is 1. The van der Waals surface area contributed by atoms with Gasteiger partial charge in [0.15, 0.2) is 5.75 Å². The van der Waals surface area contributed by atoms with E-state index in [2.05, 4.69) is 9.98 Å². The van der Waals surface area contributed by atoms with Crippen LogP contribution in [0.3, 0.4) is 0 Å². The average molecular weight is 490 g/mol. The molecule has 4 rings (SSSR count). The Balaban J connectivity index is 1.96. The number of nitrogens with two attached hydrogens (primary N) is 1. The zero-order valence-corrected chi connectivity index (χ0v) is 20.6. The van der Waals surface area contributed by atoms with Crippen LogP contribution in [-0.4, -0.2) is 33.6 Å². The number of benzene rings is 1. The fourth-order valence-electron chi connectivity index (χ4n) is 4.09. The number of fused-ring (bicyclic) bond motifs is 1. The third kappa shape index (κ3) is 4.59. The second-order valence-corrected chi connectivity index (χ2v) is 8.60. The number of alkyl halides is 1. The summed E-state index contributed by atoms with van der Waals surface area (Å²) in [5, 5.41) is 0.589. The summed E-state index contributed by atoms with van der Waals surface area (Å²) >= 11 is 0. The number of hydrogen-bond donors (Lipinski definition) is 2.